The summed E-state index contributed by atoms with van der Waals surface area (Å²) in [6, 6.07) is 0.473. The number of hydrogen-bond acceptors (Lipinski definition) is 2. The zero-order valence-corrected chi connectivity index (χ0v) is 13.4. The number of aliphatic imine (C=N–C) groups is 1. The number of guanidine groups is 1. The quantitative estimate of drug-likeness (QED) is 0.454. The van der Waals surface area contributed by atoms with Gasteiger partial charge in [0, 0.05) is 13.6 Å². The second-order valence-corrected chi connectivity index (χ2v) is 5.59. The summed E-state index contributed by atoms with van der Waals surface area (Å²) in [5, 5.41) is 6.92. The molecular formula is C13H24IN3O. The highest BCUT2D eigenvalue weighted by Crippen LogP contribution is 2.34. The van der Waals surface area contributed by atoms with Gasteiger partial charge in [-0.25, -0.2) is 0 Å². The van der Waals surface area contributed by atoms with E-state index in [0.717, 1.165) is 24.8 Å². The van der Waals surface area contributed by atoms with Crippen LogP contribution in [0.1, 0.15) is 38.5 Å². The first kappa shape index (κ1) is 14.4. The van der Waals surface area contributed by atoms with E-state index >= 15 is 0 Å². The maximum atomic E-state index is 5.84. The van der Waals surface area contributed by atoms with Crippen LogP contribution in [0.25, 0.3) is 0 Å². The average molecular weight is 365 g/mol. The SMILES string of the molecule is CN=C(NCCC1CC1)NC1CC2CCC1O2.I. The van der Waals surface area contributed by atoms with Crippen molar-refractivity contribution in [1.82, 2.24) is 10.6 Å². The van der Waals surface area contributed by atoms with Crippen molar-refractivity contribution in [2.75, 3.05) is 13.6 Å². The van der Waals surface area contributed by atoms with Crippen molar-refractivity contribution in [2.24, 2.45) is 10.9 Å². The van der Waals surface area contributed by atoms with Gasteiger partial charge in [0.2, 0.25) is 0 Å². The molecule has 2 bridgehead atoms. The smallest absolute Gasteiger partial charge is 0.191 e. The Morgan fingerprint density at radius 3 is 2.67 bits per heavy atom. The number of nitrogens with zero attached hydrogens (tertiary/aromatic N) is 1. The molecule has 0 amide bonds. The second kappa shape index (κ2) is 6.41. The maximum absolute atomic E-state index is 5.84. The van der Waals surface area contributed by atoms with Crippen LogP contribution in [0.3, 0.4) is 0 Å². The van der Waals surface area contributed by atoms with Crippen molar-refractivity contribution in [3.8, 4) is 0 Å². The molecule has 3 unspecified atom stereocenters. The third-order valence-electron chi connectivity index (χ3n) is 4.19. The maximum Gasteiger partial charge on any atom is 0.191 e. The van der Waals surface area contributed by atoms with Crippen molar-refractivity contribution < 1.29 is 4.74 Å². The number of halogens is 1. The van der Waals surface area contributed by atoms with Gasteiger partial charge in [-0.15, -0.1) is 24.0 Å². The van der Waals surface area contributed by atoms with E-state index in [0.29, 0.717) is 18.2 Å². The Balaban J connectivity index is 0.00000120. The summed E-state index contributed by atoms with van der Waals surface area (Å²) >= 11 is 0. The lowest BCUT2D eigenvalue weighted by Gasteiger charge is -2.22. The predicted octanol–water partition coefficient (Wildman–Crippen LogP) is 1.89. The van der Waals surface area contributed by atoms with E-state index in [-0.39, 0.29) is 24.0 Å². The molecule has 3 fully saturated rings. The Hall–Kier alpha value is -0.0400. The molecule has 2 saturated heterocycles. The fraction of sp³-hybridized carbons (Fsp3) is 0.923. The van der Waals surface area contributed by atoms with Crippen LogP contribution in [0.15, 0.2) is 4.99 Å². The fourth-order valence-electron chi connectivity index (χ4n) is 2.96. The molecule has 2 heterocycles. The van der Waals surface area contributed by atoms with E-state index in [2.05, 4.69) is 15.6 Å². The highest BCUT2D eigenvalue weighted by atomic mass is 127. The van der Waals surface area contributed by atoms with Crippen LogP contribution in [0.5, 0.6) is 0 Å². The zero-order valence-electron chi connectivity index (χ0n) is 11.0. The number of rotatable bonds is 4. The molecule has 4 nitrogen and oxygen atoms in total. The summed E-state index contributed by atoms with van der Waals surface area (Å²) in [7, 11) is 1.85. The van der Waals surface area contributed by atoms with Crippen LogP contribution in [0.4, 0.5) is 0 Å². The minimum absolute atomic E-state index is 0. The molecule has 0 radical (unpaired) electrons. The molecule has 2 N–H and O–H groups in total. The Labute approximate surface area is 126 Å². The van der Waals surface area contributed by atoms with Crippen LogP contribution in [0.2, 0.25) is 0 Å². The zero-order chi connectivity index (χ0) is 11.7. The van der Waals surface area contributed by atoms with Crippen molar-refractivity contribution in [1.29, 1.82) is 0 Å². The second-order valence-electron chi connectivity index (χ2n) is 5.59. The molecule has 1 saturated carbocycles. The molecular weight excluding hydrogens is 341 g/mol. The van der Waals surface area contributed by atoms with Gasteiger partial charge in [-0.3, -0.25) is 4.99 Å². The summed E-state index contributed by atoms with van der Waals surface area (Å²) in [4.78, 5) is 4.29. The molecule has 0 aromatic rings. The topological polar surface area (TPSA) is 45.7 Å². The average Bonchev–Trinajstić information content (AvgIpc) is 2.93. The standard InChI is InChI=1S/C13H23N3O.HI/c1-14-13(15-7-6-9-2-3-9)16-11-8-10-4-5-12(11)17-10;/h9-12H,2-8H2,1H3,(H2,14,15,16);1H. The number of ether oxygens (including phenoxy) is 1. The van der Waals surface area contributed by atoms with E-state index < -0.39 is 0 Å². The largest absolute Gasteiger partial charge is 0.373 e. The van der Waals surface area contributed by atoms with Crippen LogP contribution in [0, 0.1) is 5.92 Å². The monoisotopic (exact) mass is 365 g/mol. The van der Waals surface area contributed by atoms with E-state index in [9.17, 15) is 0 Å². The Morgan fingerprint density at radius 1 is 1.28 bits per heavy atom. The van der Waals surface area contributed by atoms with Gasteiger partial charge in [-0.05, 0) is 31.6 Å². The fourth-order valence-corrected chi connectivity index (χ4v) is 2.96. The molecule has 3 atom stereocenters. The lowest BCUT2D eigenvalue weighted by atomic mass is 9.96. The van der Waals surface area contributed by atoms with Gasteiger partial charge < -0.3 is 15.4 Å². The van der Waals surface area contributed by atoms with E-state index in [1.165, 1.54) is 32.1 Å². The van der Waals surface area contributed by atoms with Crippen molar-refractivity contribution in [2.45, 2.75) is 56.8 Å². The van der Waals surface area contributed by atoms with Crippen molar-refractivity contribution in [3.63, 3.8) is 0 Å². The first-order valence-electron chi connectivity index (χ1n) is 6.98. The lowest BCUT2D eigenvalue weighted by Crippen LogP contribution is -2.47. The van der Waals surface area contributed by atoms with E-state index in [4.69, 9.17) is 4.74 Å². The minimum Gasteiger partial charge on any atom is -0.373 e. The molecule has 0 spiro atoms. The van der Waals surface area contributed by atoms with Gasteiger partial charge in [0.05, 0.1) is 18.2 Å². The highest BCUT2D eigenvalue weighted by Gasteiger charge is 2.41. The van der Waals surface area contributed by atoms with Gasteiger partial charge in [0.1, 0.15) is 0 Å². The first-order valence-corrected chi connectivity index (χ1v) is 6.98. The summed E-state index contributed by atoms with van der Waals surface area (Å²) in [5.41, 5.74) is 0. The van der Waals surface area contributed by atoms with Crippen LogP contribution < -0.4 is 10.6 Å². The van der Waals surface area contributed by atoms with Crippen molar-refractivity contribution >= 4 is 29.9 Å². The highest BCUT2D eigenvalue weighted by molar-refractivity contribution is 14.0. The summed E-state index contributed by atoms with van der Waals surface area (Å²) in [6.07, 6.45) is 8.66. The molecule has 3 rings (SSSR count). The third kappa shape index (κ3) is 3.50. The molecule has 5 heteroatoms. The van der Waals surface area contributed by atoms with Gasteiger partial charge in [-0.1, -0.05) is 12.8 Å². The molecule has 18 heavy (non-hydrogen) atoms. The molecule has 0 aromatic carbocycles. The molecule has 0 aromatic heterocycles. The van der Waals surface area contributed by atoms with Crippen molar-refractivity contribution in [3.05, 3.63) is 0 Å². The number of hydrogen-bond donors (Lipinski definition) is 2. The van der Waals surface area contributed by atoms with Gasteiger partial charge in [-0.2, -0.15) is 0 Å². The summed E-state index contributed by atoms with van der Waals surface area (Å²) in [6.45, 7) is 1.05. The van der Waals surface area contributed by atoms with Crippen LogP contribution in [-0.4, -0.2) is 37.8 Å². The third-order valence-corrected chi connectivity index (χ3v) is 4.19. The predicted molar refractivity (Wildman–Crippen MR) is 83.6 cm³/mol. The molecule has 3 aliphatic rings. The molecule has 1 aliphatic carbocycles. The Kier molecular flexibility index (Phi) is 5.12. The summed E-state index contributed by atoms with van der Waals surface area (Å²) < 4.78 is 5.84. The Bertz CT molecular complexity index is 307. The lowest BCUT2D eigenvalue weighted by molar-refractivity contribution is 0.0992. The number of nitrogens with one attached hydrogen (secondary N) is 2. The van der Waals surface area contributed by atoms with E-state index in [1.807, 2.05) is 7.05 Å². The van der Waals surface area contributed by atoms with Gasteiger partial charge in [0.15, 0.2) is 5.96 Å². The van der Waals surface area contributed by atoms with Crippen LogP contribution in [-0.2, 0) is 4.74 Å². The number of fused-ring (bicyclic) bond motifs is 2. The van der Waals surface area contributed by atoms with E-state index in [1.54, 1.807) is 0 Å². The normalized spacial score (nSPS) is 34.3. The molecule has 104 valence electrons. The van der Waals surface area contributed by atoms with Gasteiger partial charge in [0.25, 0.3) is 0 Å². The van der Waals surface area contributed by atoms with Gasteiger partial charge >= 0.3 is 0 Å². The minimum atomic E-state index is 0. The summed E-state index contributed by atoms with van der Waals surface area (Å²) in [5.74, 6) is 1.93. The Morgan fingerprint density at radius 2 is 2.11 bits per heavy atom. The molecule has 2 aliphatic heterocycles. The van der Waals surface area contributed by atoms with Crippen LogP contribution >= 0.6 is 24.0 Å². The first-order chi connectivity index (χ1) is 8.35.